The van der Waals surface area contributed by atoms with E-state index in [1.54, 1.807) is 6.92 Å². The highest BCUT2D eigenvalue weighted by atomic mass is 16.5. The molecule has 0 aromatic carbocycles. The number of fused-ring (bicyclic) bond motifs is 1. The van der Waals surface area contributed by atoms with Crippen LogP contribution in [0.1, 0.15) is 42.9 Å². The molecule has 0 radical (unpaired) electrons. The number of aromatic nitrogens is 3. The quantitative estimate of drug-likeness (QED) is 0.896. The van der Waals surface area contributed by atoms with Gasteiger partial charge >= 0.3 is 5.97 Å². The van der Waals surface area contributed by atoms with E-state index < -0.39 is 11.5 Å². The maximum atomic E-state index is 12.2. The van der Waals surface area contributed by atoms with Crippen molar-refractivity contribution in [2.75, 3.05) is 0 Å². The maximum absolute atomic E-state index is 12.2. The second-order valence-electron chi connectivity index (χ2n) is 5.00. The minimum absolute atomic E-state index is 0.0265. The van der Waals surface area contributed by atoms with Gasteiger partial charge < -0.3 is 9.63 Å². The first-order chi connectivity index (χ1) is 9.45. The fourth-order valence-corrected chi connectivity index (χ4v) is 2.29. The zero-order valence-electron chi connectivity index (χ0n) is 11.7. The van der Waals surface area contributed by atoms with Crippen LogP contribution in [0.3, 0.4) is 0 Å². The summed E-state index contributed by atoms with van der Waals surface area (Å²) in [5.74, 6) is -0.675. The molecule has 20 heavy (non-hydrogen) atoms. The van der Waals surface area contributed by atoms with Gasteiger partial charge in [0.2, 0.25) is 0 Å². The number of carboxylic acids is 1. The minimum Gasteiger partial charge on any atom is -0.476 e. The van der Waals surface area contributed by atoms with E-state index >= 15 is 0 Å². The third kappa shape index (κ3) is 2.43. The van der Waals surface area contributed by atoms with Crippen LogP contribution in [0.5, 0.6) is 0 Å². The summed E-state index contributed by atoms with van der Waals surface area (Å²) in [5.41, 5.74) is -0.578. The van der Waals surface area contributed by atoms with E-state index in [-0.39, 0.29) is 28.3 Å². The molecule has 2 aromatic heterocycles. The van der Waals surface area contributed by atoms with Crippen LogP contribution in [0.4, 0.5) is 0 Å². The van der Waals surface area contributed by atoms with Crippen molar-refractivity contribution in [2.45, 2.75) is 40.2 Å². The topological polar surface area (TPSA) is 98.2 Å². The molecule has 1 atom stereocenters. The monoisotopic (exact) mass is 279 g/mol. The minimum atomic E-state index is -1.20. The van der Waals surface area contributed by atoms with Crippen LogP contribution in [0.2, 0.25) is 0 Å². The van der Waals surface area contributed by atoms with Crippen LogP contribution in [0, 0.1) is 12.8 Å². The molecule has 0 spiro atoms. The molecule has 0 amide bonds. The number of aromatic carboxylic acids is 1. The Hall–Kier alpha value is -2.18. The van der Waals surface area contributed by atoms with Crippen LogP contribution >= 0.6 is 0 Å². The van der Waals surface area contributed by atoms with E-state index in [1.165, 1.54) is 4.68 Å². The molecule has 0 aliphatic heterocycles. The van der Waals surface area contributed by atoms with Crippen LogP contribution in [-0.4, -0.2) is 26.0 Å². The highest BCUT2D eigenvalue weighted by molar-refractivity contribution is 6.00. The van der Waals surface area contributed by atoms with Crippen molar-refractivity contribution in [3.8, 4) is 0 Å². The molecule has 1 N–H and O–H groups in total. The van der Waals surface area contributed by atoms with E-state index in [0.717, 1.165) is 12.8 Å². The van der Waals surface area contributed by atoms with Gasteiger partial charge in [0.1, 0.15) is 5.76 Å². The predicted octanol–water partition coefficient (Wildman–Crippen LogP) is 1.83. The molecular weight excluding hydrogens is 262 g/mol. The summed E-state index contributed by atoms with van der Waals surface area (Å²) >= 11 is 0. The first kappa shape index (κ1) is 14.2. The zero-order valence-corrected chi connectivity index (χ0v) is 11.7. The second kappa shape index (κ2) is 5.44. The number of aryl methyl sites for hydroxylation is 1. The van der Waals surface area contributed by atoms with Gasteiger partial charge in [-0.05, 0) is 19.3 Å². The Bertz CT molecular complexity index is 701. The van der Waals surface area contributed by atoms with Crippen molar-refractivity contribution in [1.82, 2.24) is 14.9 Å². The zero-order chi connectivity index (χ0) is 14.9. The molecule has 2 rings (SSSR count). The Balaban J connectivity index is 2.59. The van der Waals surface area contributed by atoms with E-state index in [0.29, 0.717) is 6.54 Å². The van der Waals surface area contributed by atoms with Crippen LogP contribution in [-0.2, 0) is 6.54 Å². The smallest absolute Gasteiger partial charge is 0.357 e. The Labute approximate surface area is 115 Å². The van der Waals surface area contributed by atoms with Crippen molar-refractivity contribution < 1.29 is 14.4 Å². The van der Waals surface area contributed by atoms with E-state index in [1.807, 2.05) is 6.92 Å². The molecule has 0 fully saturated rings. The SMILES string of the molecule is CCCC(C)Cn1nc(C(=O)O)c2c(C)onc2c1=O. The molecular formula is C13H17N3O4. The molecule has 108 valence electrons. The van der Waals surface area contributed by atoms with Crippen molar-refractivity contribution in [1.29, 1.82) is 0 Å². The largest absolute Gasteiger partial charge is 0.476 e. The Kier molecular flexibility index (Phi) is 3.87. The number of carboxylic acid groups (broad SMARTS) is 1. The second-order valence-corrected chi connectivity index (χ2v) is 5.00. The molecule has 2 aromatic rings. The molecule has 7 nitrogen and oxygen atoms in total. The number of nitrogens with zero attached hydrogens (tertiary/aromatic N) is 3. The normalized spacial score (nSPS) is 12.8. The predicted molar refractivity (Wildman–Crippen MR) is 71.8 cm³/mol. The fourth-order valence-electron chi connectivity index (χ4n) is 2.29. The molecule has 1 unspecified atom stereocenters. The molecule has 0 bridgehead atoms. The number of hydrogen-bond donors (Lipinski definition) is 1. The van der Waals surface area contributed by atoms with Gasteiger partial charge in [-0.2, -0.15) is 5.10 Å². The van der Waals surface area contributed by atoms with Crippen molar-refractivity contribution in [3.05, 3.63) is 21.8 Å². The Morgan fingerprint density at radius 2 is 2.20 bits per heavy atom. The lowest BCUT2D eigenvalue weighted by atomic mass is 10.1. The summed E-state index contributed by atoms with van der Waals surface area (Å²) in [6, 6.07) is 0. The molecule has 0 saturated carbocycles. The highest BCUT2D eigenvalue weighted by Crippen LogP contribution is 2.18. The van der Waals surface area contributed by atoms with E-state index in [4.69, 9.17) is 4.52 Å². The molecule has 7 heteroatoms. The van der Waals surface area contributed by atoms with Crippen molar-refractivity contribution >= 4 is 16.9 Å². The standard InChI is InChI=1S/C13H17N3O4/c1-4-5-7(2)6-16-12(17)10-9(8(3)20-15-10)11(14-16)13(18)19/h7H,4-6H2,1-3H3,(H,18,19). The molecule has 0 saturated heterocycles. The lowest BCUT2D eigenvalue weighted by Crippen LogP contribution is -2.28. The summed E-state index contributed by atoms with van der Waals surface area (Å²) in [5, 5.41) is 17.0. The average molecular weight is 279 g/mol. The molecule has 0 aliphatic carbocycles. The van der Waals surface area contributed by atoms with Gasteiger partial charge in [-0.1, -0.05) is 25.4 Å². The van der Waals surface area contributed by atoms with Gasteiger partial charge in [0.25, 0.3) is 5.56 Å². The van der Waals surface area contributed by atoms with Gasteiger partial charge in [-0.25, -0.2) is 9.48 Å². The Morgan fingerprint density at radius 3 is 2.80 bits per heavy atom. The third-order valence-electron chi connectivity index (χ3n) is 3.23. The molecule has 0 aliphatic rings. The van der Waals surface area contributed by atoms with Gasteiger partial charge in [-0.15, -0.1) is 0 Å². The number of carbonyl (C=O) groups is 1. The van der Waals surface area contributed by atoms with Gasteiger partial charge in [-0.3, -0.25) is 4.79 Å². The van der Waals surface area contributed by atoms with Crippen LogP contribution in [0.25, 0.3) is 10.9 Å². The van der Waals surface area contributed by atoms with Crippen LogP contribution < -0.4 is 5.56 Å². The summed E-state index contributed by atoms with van der Waals surface area (Å²) in [6.07, 6.45) is 1.93. The van der Waals surface area contributed by atoms with Crippen molar-refractivity contribution in [2.24, 2.45) is 5.92 Å². The lowest BCUT2D eigenvalue weighted by Gasteiger charge is -2.11. The van der Waals surface area contributed by atoms with Gasteiger partial charge in [0, 0.05) is 6.54 Å². The lowest BCUT2D eigenvalue weighted by molar-refractivity contribution is 0.0689. The van der Waals surface area contributed by atoms with E-state index in [9.17, 15) is 14.7 Å². The molecule has 2 heterocycles. The Morgan fingerprint density at radius 1 is 1.50 bits per heavy atom. The maximum Gasteiger partial charge on any atom is 0.357 e. The average Bonchev–Trinajstić information content (AvgIpc) is 2.75. The first-order valence-electron chi connectivity index (χ1n) is 6.56. The van der Waals surface area contributed by atoms with E-state index in [2.05, 4.69) is 17.2 Å². The third-order valence-corrected chi connectivity index (χ3v) is 3.23. The highest BCUT2D eigenvalue weighted by Gasteiger charge is 2.22. The first-order valence-corrected chi connectivity index (χ1v) is 6.56. The van der Waals surface area contributed by atoms with Crippen molar-refractivity contribution in [3.63, 3.8) is 0 Å². The fraction of sp³-hybridized carbons (Fsp3) is 0.538. The van der Waals surface area contributed by atoms with Gasteiger partial charge in [0.15, 0.2) is 11.2 Å². The summed E-state index contributed by atoms with van der Waals surface area (Å²) in [4.78, 5) is 23.5. The van der Waals surface area contributed by atoms with Gasteiger partial charge in [0.05, 0.1) is 5.39 Å². The number of hydrogen-bond acceptors (Lipinski definition) is 5. The summed E-state index contributed by atoms with van der Waals surface area (Å²) < 4.78 is 6.10. The van der Waals surface area contributed by atoms with Crippen LogP contribution in [0.15, 0.2) is 9.32 Å². The number of rotatable bonds is 5. The summed E-state index contributed by atoms with van der Waals surface area (Å²) in [6.45, 7) is 5.98. The summed E-state index contributed by atoms with van der Waals surface area (Å²) in [7, 11) is 0.